The Hall–Kier alpha value is -0.0900. The fourth-order valence-electron chi connectivity index (χ4n) is 1.77. The maximum absolute atomic E-state index is 5.95. The Kier molecular flexibility index (Phi) is 3.90. The Morgan fingerprint density at radius 1 is 1.56 bits per heavy atom. The number of rotatable bonds is 3. The molecule has 4 heteroatoms. The molecule has 1 atom stereocenters. The van der Waals surface area contributed by atoms with Crippen LogP contribution in [0.4, 0.5) is 0 Å². The fraction of sp³-hybridized carbons (Fsp3) is 0.500. The second-order valence-corrected chi connectivity index (χ2v) is 5.73. The average Bonchev–Trinajstić information content (AvgIpc) is 2.68. The van der Waals surface area contributed by atoms with Gasteiger partial charge in [0.05, 0.1) is 11.6 Å². The predicted molar refractivity (Wildman–Crippen MR) is 69.8 cm³/mol. The van der Waals surface area contributed by atoms with Crippen molar-refractivity contribution < 1.29 is 4.74 Å². The molecule has 16 heavy (non-hydrogen) atoms. The van der Waals surface area contributed by atoms with Gasteiger partial charge in [0.25, 0.3) is 0 Å². The van der Waals surface area contributed by atoms with Gasteiger partial charge in [0.2, 0.25) is 0 Å². The van der Waals surface area contributed by atoms with Gasteiger partial charge in [-0.15, -0.1) is 0 Å². The first-order chi connectivity index (χ1) is 7.59. The number of ether oxygens (including phenoxy) is 1. The van der Waals surface area contributed by atoms with E-state index in [2.05, 4.69) is 34.2 Å². The molecule has 1 aliphatic heterocycles. The first-order valence-corrected chi connectivity index (χ1v) is 6.53. The van der Waals surface area contributed by atoms with E-state index in [1.807, 2.05) is 12.1 Å². The normalized spacial score (nSPS) is 24.9. The van der Waals surface area contributed by atoms with Gasteiger partial charge in [-0.3, -0.25) is 0 Å². The minimum absolute atomic E-state index is 0.117. The fourth-order valence-corrected chi connectivity index (χ4v) is 2.32. The van der Waals surface area contributed by atoms with Gasteiger partial charge in [0.1, 0.15) is 0 Å². The lowest BCUT2D eigenvalue weighted by molar-refractivity contribution is 0.171. The van der Waals surface area contributed by atoms with Crippen LogP contribution in [0.15, 0.2) is 22.7 Å². The van der Waals surface area contributed by atoms with E-state index >= 15 is 0 Å². The SMILES string of the molecule is CC1(NCc2ccc(Cl)c(Br)c2)CCOC1. The zero-order valence-corrected chi connectivity index (χ0v) is 11.6. The largest absolute Gasteiger partial charge is 0.379 e. The van der Waals surface area contributed by atoms with Gasteiger partial charge in [0.15, 0.2) is 0 Å². The Morgan fingerprint density at radius 3 is 3.00 bits per heavy atom. The van der Waals surface area contributed by atoms with Crippen molar-refractivity contribution in [3.8, 4) is 0 Å². The minimum atomic E-state index is 0.117. The third-order valence-corrected chi connectivity index (χ3v) is 4.14. The van der Waals surface area contributed by atoms with E-state index in [1.165, 1.54) is 5.56 Å². The van der Waals surface area contributed by atoms with Gasteiger partial charge in [-0.1, -0.05) is 17.7 Å². The predicted octanol–water partition coefficient (Wildman–Crippen LogP) is 3.37. The summed E-state index contributed by atoms with van der Waals surface area (Å²) in [6.07, 6.45) is 1.07. The first kappa shape index (κ1) is 12.4. The summed E-state index contributed by atoms with van der Waals surface area (Å²) in [4.78, 5) is 0. The Balaban J connectivity index is 1.96. The van der Waals surface area contributed by atoms with Gasteiger partial charge >= 0.3 is 0 Å². The molecule has 1 aliphatic rings. The molecule has 0 bridgehead atoms. The van der Waals surface area contributed by atoms with Crippen LogP contribution in [-0.2, 0) is 11.3 Å². The average molecular weight is 305 g/mol. The number of hydrogen-bond donors (Lipinski definition) is 1. The van der Waals surface area contributed by atoms with Crippen LogP contribution < -0.4 is 5.32 Å². The summed E-state index contributed by atoms with van der Waals surface area (Å²) in [5, 5.41) is 4.28. The summed E-state index contributed by atoms with van der Waals surface area (Å²) in [5.41, 5.74) is 1.34. The van der Waals surface area contributed by atoms with Gasteiger partial charge in [-0.2, -0.15) is 0 Å². The molecular formula is C12H15BrClNO. The molecule has 1 unspecified atom stereocenters. The molecule has 0 radical (unpaired) electrons. The van der Waals surface area contributed by atoms with E-state index in [0.717, 1.165) is 35.7 Å². The first-order valence-electron chi connectivity index (χ1n) is 5.36. The lowest BCUT2D eigenvalue weighted by Gasteiger charge is -2.23. The van der Waals surface area contributed by atoms with Crippen molar-refractivity contribution in [3.05, 3.63) is 33.3 Å². The summed E-state index contributed by atoms with van der Waals surface area (Å²) in [5.74, 6) is 0. The summed E-state index contributed by atoms with van der Waals surface area (Å²) >= 11 is 9.38. The molecule has 88 valence electrons. The van der Waals surface area contributed by atoms with E-state index in [-0.39, 0.29) is 5.54 Å². The molecule has 0 saturated carbocycles. The highest BCUT2D eigenvalue weighted by Crippen LogP contribution is 2.24. The highest BCUT2D eigenvalue weighted by Gasteiger charge is 2.28. The highest BCUT2D eigenvalue weighted by molar-refractivity contribution is 9.10. The van der Waals surface area contributed by atoms with Gasteiger partial charge in [-0.25, -0.2) is 0 Å². The third kappa shape index (κ3) is 2.98. The van der Waals surface area contributed by atoms with Crippen LogP contribution in [0.2, 0.25) is 5.02 Å². The van der Waals surface area contributed by atoms with E-state index < -0.39 is 0 Å². The standard InChI is InChI=1S/C12H15BrClNO/c1-12(4-5-16-8-12)15-7-9-2-3-11(14)10(13)6-9/h2-3,6,15H,4-5,7-8H2,1H3. The van der Waals surface area contributed by atoms with Crippen LogP contribution in [0.1, 0.15) is 18.9 Å². The molecule has 0 amide bonds. The quantitative estimate of drug-likeness (QED) is 0.924. The van der Waals surface area contributed by atoms with Crippen molar-refractivity contribution in [1.29, 1.82) is 0 Å². The third-order valence-electron chi connectivity index (χ3n) is 2.92. The van der Waals surface area contributed by atoms with E-state index in [1.54, 1.807) is 0 Å². The molecule has 0 aliphatic carbocycles. The van der Waals surface area contributed by atoms with Crippen LogP contribution >= 0.6 is 27.5 Å². The minimum Gasteiger partial charge on any atom is -0.379 e. The molecule has 2 nitrogen and oxygen atoms in total. The molecular weight excluding hydrogens is 289 g/mol. The second kappa shape index (κ2) is 5.05. The second-order valence-electron chi connectivity index (χ2n) is 4.47. The van der Waals surface area contributed by atoms with Crippen molar-refractivity contribution in [1.82, 2.24) is 5.32 Å². The van der Waals surface area contributed by atoms with Crippen LogP contribution in [0.5, 0.6) is 0 Å². The van der Waals surface area contributed by atoms with Crippen molar-refractivity contribution >= 4 is 27.5 Å². The van der Waals surface area contributed by atoms with Crippen molar-refractivity contribution in [2.75, 3.05) is 13.2 Å². The van der Waals surface area contributed by atoms with Crippen LogP contribution in [0, 0.1) is 0 Å². The maximum Gasteiger partial charge on any atom is 0.0646 e. The molecule has 0 spiro atoms. The Morgan fingerprint density at radius 2 is 2.38 bits per heavy atom. The molecule has 1 aromatic carbocycles. The molecule has 2 rings (SSSR count). The van der Waals surface area contributed by atoms with Crippen LogP contribution in [0.3, 0.4) is 0 Å². The van der Waals surface area contributed by atoms with Crippen LogP contribution in [-0.4, -0.2) is 18.8 Å². The molecule has 1 heterocycles. The lowest BCUT2D eigenvalue weighted by atomic mass is 10.0. The highest BCUT2D eigenvalue weighted by atomic mass is 79.9. The zero-order chi connectivity index (χ0) is 11.6. The monoisotopic (exact) mass is 303 g/mol. The molecule has 1 saturated heterocycles. The number of hydrogen-bond acceptors (Lipinski definition) is 2. The topological polar surface area (TPSA) is 21.3 Å². The molecule has 1 N–H and O–H groups in total. The smallest absolute Gasteiger partial charge is 0.0646 e. The van der Waals surface area contributed by atoms with E-state index in [0.29, 0.717) is 0 Å². The maximum atomic E-state index is 5.95. The number of halogens is 2. The van der Waals surface area contributed by atoms with Crippen molar-refractivity contribution in [2.45, 2.75) is 25.4 Å². The zero-order valence-electron chi connectivity index (χ0n) is 9.22. The summed E-state index contributed by atoms with van der Waals surface area (Å²) in [6.45, 7) is 4.69. The summed E-state index contributed by atoms with van der Waals surface area (Å²) in [7, 11) is 0. The summed E-state index contributed by atoms with van der Waals surface area (Å²) in [6, 6.07) is 6.00. The van der Waals surface area contributed by atoms with Gasteiger partial charge < -0.3 is 10.1 Å². The number of nitrogens with one attached hydrogen (secondary N) is 1. The lowest BCUT2D eigenvalue weighted by Crippen LogP contribution is -2.42. The van der Waals surface area contributed by atoms with E-state index in [9.17, 15) is 0 Å². The summed E-state index contributed by atoms with van der Waals surface area (Å²) < 4.78 is 6.34. The molecule has 1 aromatic rings. The van der Waals surface area contributed by atoms with Gasteiger partial charge in [-0.05, 0) is 47.0 Å². The van der Waals surface area contributed by atoms with Crippen molar-refractivity contribution in [2.24, 2.45) is 0 Å². The van der Waals surface area contributed by atoms with Crippen molar-refractivity contribution in [3.63, 3.8) is 0 Å². The molecule has 0 aromatic heterocycles. The molecule has 1 fully saturated rings. The van der Waals surface area contributed by atoms with Crippen LogP contribution in [0.25, 0.3) is 0 Å². The number of benzene rings is 1. The Labute approximate surface area is 109 Å². The van der Waals surface area contributed by atoms with E-state index in [4.69, 9.17) is 16.3 Å². The van der Waals surface area contributed by atoms with Gasteiger partial charge in [0, 0.05) is 23.2 Å². The Bertz CT molecular complexity index is 377.